The van der Waals surface area contributed by atoms with Gasteiger partial charge in [0.15, 0.2) is 0 Å². The Kier molecular flexibility index (Phi) is 3.49. The van der Waals surface area contributed by atoms with Gasteiger partial charge in [0.1, 0.15) is 11.9 Å². The monoisotopic (exact) mass is 266 g/mol. The van der Waals surface area contributed by atoms with Crippen LogP contribution in [0, 0.1) is 5.82 Å². The minimum Gasteiger partial charge on any atom is -0.394 e. The molecule has 1 atom stereocenters. The van der Waals surface area contributed by atoms with Crippen LogP contribution in [0.1, 0.15) is 13.8 Å². The fourth-order valence-electron chi connectivity index (χ4n) is 2.81. The molecule has 1 aliphatic rings. The van der Waals surface area contributed by atoms with Crippen LogP contribution in [-0.2, 0) is 4.79 Å². The molecule has 1 aromatic carbocycles. The third kappa shape index (κ3) is 2.42. The normalized spacial score (nSPS) is 22.8. The van der Waals surface area contributed by atoms with E-state index >= 15 is 0 Å². The van der Waals surface area contributed by atoms with Crippen LogP contribution in [0.25, 0.3) is 0 Å². The van der Waals surface area contributed by atoms with Gasteiger partial charge < -0.3 is 14.9 Å². The molecule has 19 heavy (non-hydrogen) atoms. The van der Waals surface area contributed by atoms with Crippen LogP contribution in [-0.4, -0.2) is 47.7 Å². The number of nitrogens with zero attached hydrogens (tertiary/aromatic N) is 2. The minimum atomic E-state index is -0.626. The number of rotatable bonds is 2. The maximum atomic E-state index is 13.0. The van der Waals surface area contributed by atoms with E-state index in [9.17, 15) is 14.3 Å². The number of aliphatic hydroxyl groups excluding tert-OH is 1. The maximum absolute atomic E-state index is 13.0. The van der Waals surface area contributed by atoms with Gasteiger partial charge >= 0.3 is 0 Å². The lowest BCUT2D eigenvalue weighted by atomic mass is 9.93. The molecule has 0 bridgehead atoms. The summed E-state index contributed by atoms with van der Waals surface area (Å²) in [5.74, 6) is -0.436. The lowest BCUT2D eigenvalue weighted by Crippen LogP contribution is -2.67. The second kappa shape index (κ2) is 4.81. The van der Waals surface area contributed by atoms with Gasteiger partial charge in [0.2, 0.25) is 5.91 Å². The summed E-state index contributed by atoms with van der Waals surface area (Å²) in [6.07, 6.45) is 0. The summed E-state index contributed by atoms with van der Waals surface area (Å²) in [7, 11) is 1.73. The Bertz CT molecular complexity index is 473. The number of piperazine rings is 1. The number of carbonyl (C=O) groups is 1. The topological polar surface area (TPSA) is 43.8 Å². The predicted molar refractivity (Wildman–Crippen MR) is 71.5 cm³/mol. The first-order chi connectivity index (χ1) is 8.86. The number of hydrogen-bond donors (Lipinski definition) is 1. The van der Waals surface area contributed by atoms with Crippen LogP contribution >= 0.6 is 0 Å². The maximum Gasteiger partial charge on any atom is 0.247 e. The first kappa shape index (κ1) is 13.8. The first-order valence-electron chi connectivity index (χ1n) is 6.27. The number of likely N-dealkylation sites (N-methyl/N-ethyl adjacent to an activating group) is 1. The molecule has 4 nitrogen and oxygen atoms in total. The Morgan fingerprint density at radius 2 is 1.95 bits per heavy atom. The van der Waals surface area contributed by atoms with Crippen molar-refractivity contribution in [3.8, 4) is 0 Å². The van der Waals surface area contributed by atoms with E-state index in [0.717, 1.165) is 5.69 Å². The zero-order valence-electron chi connectivity index (χ0n) is 11.4. The minimum absolute atomic E-state index is 0.119. The molecule has 1 amide bonds. The number of hydrogen-bond acceptors (Lipinski definition) is 3. The molecule has 0 aromatic heterocycles. The molecule has 1 saturated heterocycles. The summed E-state index contributed by atoms with van der Waals surface area (Å²) in [5.41, 5.74) is 0.417. The van der Waals surface area contributed by atoms with Crippen LogP contribution in [0.15, 0.2) is 24.3 Å². The number of carbonyl (C=O) groups excluding carboxylic acids is 1. The van der Waals surface area contributed by atoms with Crippen molar-refractivity contribution in [1.82, 2.24) is 4.90 Å². The third-order valence-electron chi connectivity index (χ3n) is 3.53. The molecular weight excluding hydrogens is 247 g/mol. The van der Waals surface area contributed by atoms with Crippen molar-refractivity contribution in [2.75, 3.05) is 25.1 Å². The van der Waals surface area contributed by atoms with E-state index in [2.05, 4.69) is 0 Å². The van der Waals surface area contributed by atoms with E-state index in [1.165, 1.54) is 12.1 Å². The molecule has 0 saturated carbocycles. The van der Waals surface area contributed by atoms with E-state index in [1.54, 1.807) is 24.1 Å². The van der Waals surface area contributed by atoms with Gasteiger partial charge in [0.25, 0.3) is 0 Å². The highest BCUT2D eigenvalue weighted by molar-refractivity contribution is 5.87. The number of amides is 1. The Hall–Kier alpha value is -1.62. The summed E-state index contributed by atoms with van der Waals surface area (Å²) in [5, 5.41) is 9.53. The fourth-order valence-corrected chi connectivity index (χ4v) is 2.81. The fraction of sp³-hybridized carbons (Fsp3) is 0.500. The van der Waals surface area contributed by atoms with Crippen LogP contribution in [0.2, 0.25) is 0 Å². The van der Waals surface area contributed by atoms with E-state index in [1.807, 2.05) is 18.7 Å². The molecule has 1 N–H and O–H groups in total. The van der Waals surface area contributed by atoms with Gasteiger partial charge in [-0.2, -0.15) is 0 Å². The highest BCUT2D eigenvalue weighted by Gasteiger charge is 2.43. The van der Waals surface area contributed by atoms with Crippen molar-refractivity contribution in [2.45, 2.75) is 25.4 Å². The van der Waals surface area contributed by atoms with Crippen LogP contribution in [0.3, 0.4) is 0 Å². The van der Waals surface area contributed by atoms with Crippen molar-refractivity contribution >= 4 is 11.6 Å². The van der Waals surface area contributed by atoms with Crippen molar-refractivity contribution in [3.63, 3.8) is 0 Å². The predicted octanol–water partition coefficient (Wildman–Crippen LogP) is 1.24. The second-order valence-corrected chi connectivity index (χ2v) is 5.55. The molecular formula is C14H19FN2O2. The van der Waals surface area contributed by atoms with E-state index in [-0.39, 0.29) is 23.9 Å². The largest absolute Gasteiger partial charge is 0.394 e. The van der Waals surface area contributed by atoms with Gasteiger partial charge in [0, 0.05) is 19.3 Å². The highest BCUT2D eigenvalue weighted by atomic mass is 19.1. The van der Waals surface area contributed by atoms with Gasteiger partial charge in [0.05, 0.1) is 12.1 Å². The Morgan fingerprint density at radius 3 is 2.47 bits per heavy atom. The molecule has 1 unspecified atom stereocenters. The standard InChI is InChI=1S/C14H19FN2O2/c1-14(2)9-16(3)13(19)12(8-18)17(14)11-6-4-10(15)5-7-11/h4-7,12,18H,8-9H2,1-3H3. The second-order valence-electron chi connectivity index (χ2n) is 5.55. The van der Waals surface area contributed by atoms with Gasteiger partial charge in [-0.15, -0.1) is 0 Å². The van der Waals surface area contributed by atoms with Gasteiger partial charge in [-0.3, -0.25) is 4.79 Å². The summed E-state index contributed by atoms with van der Waals surface area (Å²) in [6, 6.07) is 5.38. The summed E-state index contributed by atoms with van der Waals surface area (Å²) in [4.78, 5) is 15.6. The smallest absolute Gasteiger partial charge is 0.247 e. The Morgan fingerprint density at radius 1 is 1.37 bits per heavy atom. The number of aliphatic hydroxyl groups is 1. The number of halogens is 1. The third-order valence-corrected chi connectivity index (χ3v) is 3.53. The molecule has 0 spiro atoms. The molecule has 104 valence electrons. The van der Waals surface area contributed by atoms with Crippen LogP contribution in [0.5, 0.6) is 0 Å². The van der Waals surface area contributed by atoms with Crippen molar-refractivity contribution in [3.05, 3.63) is 30.1 Å². The summed E-state index contributed by atoms with van der Waals surface area (Å²) in [6.45, 7) is 4.30. The zero-order valence-corrected chi connectivity index (χ0v) is 11.4. The molecule has 2 rings (SSSR count). The highest BCUT2D eigenvalue weighted by Crippen LogP contribution is 2.31. The van der Waals surface area contributed by atoms with E-state index in [4.69, 9.17) is 0 Å². The summed E-state index contributed by atoms with van der Waals surface area (Å²) >= 11 is 0. The van der Waals surface area contributed by atoms with E-state index in [0.29, 0.717) is 6.54 Å². The Balaban J connectivity index is 2.43. The molecule has 5 heteroatoms. The molecule has 0 radical (unpaired) electrons. The van der Waals surface area contributed by atoms with Crippen LogP contribution < -0.4 is 4.90 Å². The number of benzene rings is 1. The lowest BCUT2D eigenvalue weighted by molar-refractivity contribution is -0.136. The quantitative estimate of drug-likeness (QED) is 0.876. The van der Waals surface area contributed by atoms with Gasteiger partial charge in [-0.1, -0.05) is 0 Å². The average Bonchev–Trinajstić information content (AvgIpc) is 2.34. The van der Waals surface area contributed by atoms with Crippen molar-refractivity contribution in [2.24, 2.45) is 0 Å². The SMILES string of the molecule is CN1CC(C)(C)N(c2ccc(F)cc2)C(CO)C1=O. The number of anilines is 1. The lowest BCUT2D eigenvalue weighted by Gasteiger charge is -2.51. The van der Waals surface area contributed by atoms with Crippen molar-refractivity contribution < 1.29 is 14.3 Å². The van der Waals surface area contributed by atoms with Gasteiger partial charge in [-0.25, -0.2) is 4.39 Å². The zero-order chi connectivity index (χ0) is 14.2. The van der Waals surface area contributed by atoms with Gasteiger partial charge in [-0.05, 0) is 38.1 Å². The van der Waals surface area contributed by atoms with E-state index < -0.39 is 6.04 Å². The Labute approximate surface area is 112 Å². The van der Waals surface area contributed by atoms with Crippen LogP contribution in [0.4, 0.5) is 10.1 Å². The first-order valence-corrected chi connectivity index (χ1v) is 6.27. The molecule has 1 heterocycles. The summed E-state index contributed by atoms with van der Waals surface area (Å²) < 4.78 is 13.0. The molecule has 1 fully saturated rings. The van der Waals surface area contributed by atoms with Crippen molar-refractivity contribution in [1.29, 1.82) is 0 Å². The molecule has 1 aliphatic heterocycles. The molecule has 0 aliphatic carbocycles. The molecule has 1 aromatic rings. The average molecular weight is 266 g/mol.